The number of nitrogens with two attached hydrogens (primary N) is 2. The molecule has 0 aliphatic rings. The van der Waals surface area contributed by atoms with E-state index < -0.39 is 5.91 Å². The smallest absolute Gasteiger partial charge is 0.356 e. The molecule has 0 aliphatic carbocycles. The number of hydrogen-bond acceptors (Lipinski definition) is 3. The second kappa shape index (κ2) is 8.22. The number of aromatic nitrogens is 2. The summed E-state index contributed by atoms with van der Waals surface area (Å²) in [4.78, 5) is 11.3. The quantitative estimate of drug-likeness (QED) is 0.489. The number of carbonyl (C=O) groups excluding carboxylic acids is 1. The van der Waals surface area contributed by atoms with E-state index in [0.717, 1.165) is 21.3 Å². The van der Waals surface area contributed by atoms with Gasteiger partial charge in [-0.15, -0.1) is 0 Å². The Bertz CT molecular complexity index is 880. The van der Waals surface area contributed by atoms with Crippen molar-refractivity contribution >= 4 is 38.8 Å². The molecule has 2 aromatic carbocycles. The molecule has 0 spiro atoms. The molecule has 25 heavy (non-hydrogen) atoms. The molecule has 3 rings (SSSR count). The Morgan fingerprint density at radius 3 is 2.52 bits per heavy atom. The maximum atomic E-state index is 11.3. The second-order valence-electron chi connectivity index (χ2n) is 5.35. The average Bonchev–Trinajstić information content (AvgIpc) is 2.82. The number of fused-ring (bicyclic) bond motifs is 1. The fraction of sp³-hybridized carbons (Fsp3) is 0.176. The molecule has 0 fully saturated rings. The largest absolute Gasteiger partial charge is 1.00 e. The van der Waals surface area contributed by atoms with Gasteiger partial charge in [0.1, 0.15) is 29.9 Å². The Kier molecular flexibility index (Phi) is 6.27. The van der Waals surface area contributed by atoms with Crippen LogP contribution < -0.4 is 33.2 Å². The summed E-state index contributed by atoms with van der Waals surface area (Å²) in [6.07, 6.45) is 0. The number of hydrogen-bond donors (Lipinski definition) is 2. The van der Waals surface area contributed by atoms with Gasteiger partial charge >= 0.3 is 5.95 Å². The number of ether oxygens (including phenoxy) is 1. The first-order valence-corrected chi connectivity index (χ1v) is 8.29. The zero-order chi connectivity index (χ0) is 17.1. The van der Waals surface area contributed by atoms with E-state index in [1.807, 2.05) is 53.1 Å². The molecule has 0 saturated carbocycles. The number of benzene rings is 2. The number of anilines is 1. The lowest BCUT2D eigenvalue weighted by Gasteiger charge is -2.06. The molecule has 1 heterocycles. The molecular formula is C17H18BrClN4O2. The van der Waals surface area contributed by atoms with Crippen molar-refractivity contribution < 1.29 is 26.5 Å². The highest BCUT2D eigenvalue weighted by Gasteiger charge is 2.21. The Balaban J connectivity index is 0.00000225. The van der Waals surface area contributed by atoms with Crippen molar-refractivity contribution in [1.29, 1.82) is 0 Å². The van der Waals surface area contributed by atoms with E-state index in [4.69, 9.17) is 16.2 Å². The molecule has 0 aliphatic heterocycles. The topological polar surface area (TPSA) is 87.2 Å². The Morgan fingerprint density at radius 1 is 1.16 bits per heavy atom. The van der Waals surface area contributed by atoms with Gasteiger partial charge in [-0.2, -0.15) is 0 Å². The number of primary amides is 1. The fourth-order valence-corrected chi connectivity index (χ4v) is 2.92. The molecular weight excluding hydrogens is 408 g/mol. The number of amides is 1. The van der Waals surface area contributed by atoms with Gasteiger partial charge in [-0.3, -0.25) is 10.5 Å². The minimum Gasteiger partial charge on any atom is -1.00 e. The summed E-state index contributed by atoms with van der Waals surface area (Å²) in [5.74, 6) is 0.841. The van der Waals surface area contributed by atoms with E-state index in [-0.39, 0.29) is 19.0 Å². The van der Waals surface area contributed by atoms with Gasteiger partial charge in [0.05, 0.1) is 0 Å². The third kappa shape index (κ3) is 4.24. The van der Waals surface area contributed by atoms with E-state index >= 15 is 0 Å². The van der Waals surface area contributed by atoms with Gasteiger partial charge in [0, 0.05) is 4.47 Å². The highest BCUT2D eigenvalue weighted by Crippen LogP contribution is 2.18. The summed E-state index contributed by atoms with van der Waals surface area (Å²) >= 11 is 3.39. The molecule has 0 atom stereocenters. The van der Waals surface area contributed by atoms with Crippen LogP contribution in [-0.2, 0) is 17.9 Å². The predicted octanol–water partition coefficient (Wildman–Crippen LogP) is -1.16. The molecule has 132 valence electrons. The number of rotatable bonds is 6. The number of carbonyl (C=O) groups is 1. The molecule has 0 radical (unpaired) electrons. The van der Waals surface area contributed by atoms with Crippen LogP contribution in [0.2, 0.25) is 0 Å². The van der Waals surface area contributed by atoms with Crippen LogP contribution in [0.5, 0.6) is 5.75 Å². The number of nitrogens with zero attached hydrogens (tertiary/aromatic N) is 2. The fourth-order valence-electron chi connectivity index (χ4n) is 2.66. The number of imidazole rings is 1. The summed E-state index contributed by atoms with van der Waals surface area (Å²) in [6, 6.07) is 15.4. The molecule has 1 aromatic heterocycles. The van der Waals surface area contributed by atoms with Crippen LogP contribution in [0.4, 0.5) is 5.95 Å². The number of para-hydroxylation sites is 2. The standard InChI is InChI=1S/C17H17BrN4O2.ClH/c18-12-5-7-13(8-6-12)24-10-9-21-14-3-1-2-4-15(14)22(17(21)20)11-16(19)23;/h1-8,20H,9-11H2,(H2,19,23);1H. The summed E-state index contributed by atoms with van der Waals surface area (Å²) in [5, 5.41) is 0. The van der Waals surface area contributed by atoms with Gasteiger partial charge in [0.25, 0.3) is 5.91 Å². The zero-order valence-electron chi connectivity index (χ0n) is 13.4. The van der Waals surface area contributed by atoms with E-state index in [2.05, 4.69) is 15.9 Å². The lowest BCUT2D eigenvalue weighted by Crippen LogP contribution is -3.00. The van der Waals surface area contributed by atoms with E-state index in [1.54, 1.807) is 4.57 Å². The third-order valence-electron chi connectivity index (χ3n) is 3.73. The third-order valence-corrected chi connectivity index (χ3v) is 4.26. The normalized spacial score (nSPS) is 10.4. The van der Waals surface area contributed by atoms with E-state index in [9.17, 15) is 4.79 Å². The van der Waals surface area contributed by atoms with Crippen molar-refractivity contribution in [3.8, 4) is 5.75 Å². The van der Waals surface area contributed by atoms with Gasteiger partial charge in [-0.1, -0.05) is 28.1 Å². The minimum atomic E-state index is -0.430. The van der Waals surface area contributed by atoms with Crippen LogP contribution in [0.3, 0.4) is 0 Å². The second-order valence-corrected chi connectivity index (χ2v) is 6.27. The van der Waals surface area contributed by atoms with Crippen LogP contribution in [0.25, 0.3) is 11.0 Å². The maximum Gasteiger partial charge on any atom is 0.356 e. The lowest BCUT2D eigenvalue weighted by molar-refractivity contribution is -0.644. The van der Waals surface area contributed by atoms with Crippen LogP contribution in [0.1, 0.15) is 0 Å². The van der Waals surface area contributed by atoms with Gasteiger partial charge < -0.3 is 22.9 Å². The Hall–Kier alpha value is -2.25. The summed E-state index contributed by atoms with van der Waals surface area (Å²) in [7, 11) is 0. The van der Waals surface area contributed by atoms with Gasteiger partial charge in [0.15, 0.2) is 6.54 Å². The Morgan fingerprint density at radius 2 is 1.84 bits per heavy atom. The van der Waals surface area contributed by atoms with Crippen molar-refractivity contribution in [2.75, 3.05) is 12.3 Å². The molecule has 0 bridgehead atoms. The van der Waals surface area contributed by atoms with Crippen molar-refractivity contribution in [2.45, 2.75) is 13.1 Å². The van der Waals surface area contributed by atoms with Crippen LogP contribution in [-0.4, -0.2) is 17.1 Å². The van der Waals surface area contributed by atoms with Crippen LogP contribution in [0.15, 0.2) is 53.0 Å². The van der Waals surface area contributed by atoms with Gasteiger partial charge in [-0.05, 0) is 36.4 Å². The van der Waals surface area contributed by atoms with Gasteiger partial charge in [0.2, 0.25) is 0 Å². The first-order valence-electron chi connectivity index (χ1n) is 7.49. The minimum absolute atomic E-state index is 0. The summed E-state index contributed by atoms with van der Waals surface area (Å²) in [5.41, 5.74) is 13.4. The highest BCUT2D eigenvalue weighted by atomic mass is 79.9. The molecule has 6 nitrogen and oxygen atoms in total. The number of nitrogen functional groups attached to an aromatic ring is 1. The van der Waals surface area contributed by atoms with Crippen molar-refractivity contribution in [1.82, 2.24) is 4.57 Å². The average molecular weight is 426 g/mol. The Labute approximate surface area is 159 Å². The van der Waals surface area contributed by atoms with Crippen molar-refractivity contribution in [2.24, 2.45) is 5.73 Å². The zero-order valence-corrected chi connectivity index (χ0v) is 15.7. The molecule has 4 N–H and O–H groups in total. The molecule has 1 amide bonds. The van der Waals surface area contributed by atoms with Crippen LogP contribution >= 0.6 is 15.9 Å². The summed E-state index contributed by atoms with van der Waals surface area (Å²) in [6.45, 7) is 1.07. The molecule has 3 aromatic rings. The first kappa shape index (κ1) is 19.1. The SMILES string of the molecule is NC(=O)C[n+]1c(N)n(CCOc2ccc(Br)cc2)c2ccccc21.[Cl-]. The van der Waals surface area contributed by atoms with Crippen molar-refractivity contribution in [3.63, 3.8) is 0 Å². The maximum absolute atomic E-state index is 11.3. The van der Waals surface area contributed by atoms with Gasteiger partial charge in [-0.25, -0.2) is 9.13 Å². The van der Waals surface area contributed by atoms with Crippen molar-refractivity contribution in [3.05, 3.63) is 53.0 Å². The molecule has 8 heteroatoms. The van der Waals surface area contributed by atoms with E-state index in [1.165, 1.54) is 0 Å². The highest BCUT2D eigenvalue weighted by molar-refractivity contribution is 9.10. The lowest BCUT2D eigenvalue weighted by atomic mass is 10.3. The number of halogens is 2. The summed E-state index contributed by atoms with van der Waals surface area (Å²) < 4.78 is 10.4. The van der Waals surface area contributed by atoms with Crippen LogP contribution in [0, 0.1) is 0 Å². The van der Waals surface area contributed by atoms with E-state index in [0.29, 0.717) is 19.1 Å². The molecule has 0 saturated heterocycles. The predicted molar refractivity (Wildman–Crippen MR) is 95.4 cm³/mol. The monoisotopic (exact) mass is 424 g/mol. The first-order chi connectivity index (χ1) is 11.6. The molecule has 0 unspecified atom stereocenters.